The molecule has 4 nitrogen and oxygen atoms in total. The number of aliphatic hydroxyl groups is 1. The van der Waals surface area contributed by atoms with E-state index in [1.54, 1.807) is 0 Å². The predicted molar refractivity (Wildman–Crippen MR) is 65.6 cm³/mol. The topological polar surface area (TPSA) is 52.1 Å². The van der Waals surface area contributed by atoms with Gasteiger partial charge in [-0.05, 0) is 12.8 Å². The van der Waals surface area contributed by atoms with E-state index in [1.807, 2.05) is 6.20 Å². The highest BCUT2D eigenvalue weighted by atomic mass is 16.3. The number of rotatable bonds is 2. The average Bonchev–Trinajstić information content (AvgIpc) is 2.76. The van der Waals surface area contributed by atoms with Gasteiger partial charge in [0.1, 0.15) is 0 Å². The lowest BCUT2D eigenvalue weighted by Gasteiger charge is -2.38. The summed E-state index contributed by atoms with van der Waals surface area (Å²) in [6, 6.07) is 0. The van der Waals surface area contributed by atoms with Crippen LogP contribution >= 0.6 is 0 Å². The molecule has 3 rings (SSSR count). The Morgan fingerprint density at radius 1 is 1.35 bits per heavy atom. The second kappa shape index (κ2) is 4.42. The van der Waals surface area contributed by atoms with Crippen LogP contribution in [0, 0.1) is 0 Å². The monoisotopic (exact) mass is 235 g/mol. The zero-order valence-electron chi connectivity index (χ0n) is 10.3. The van der Waals surface area contributed by atoms with Crippen molar-refractivity contribution in [1.82, 2.24) is 15.1 Å². The van der Waals surface area contributed by atoms with Gasteiger partial charge >= 0.3 is 0 Å². The van der Waals surface area contributed by atoms with Crippen LogP contribution < -0.4 is 0 Å². The standard InChI is InChI=1S/C13H21N3O/c17-13(5-2-1-3-6-13)10-16-7-4-12-11(9-16)8-14-15-12/h8,17H,1-7,9-10H2,(H,14,15). The van der Waals surface area contributed by atoms with Crippen LogP contribution in [0.3, 0.4) is 0 Å². The van der Waals surface area contributed by atoms with Crippen molar-refractivity contribution >= 4 is 0 Å². The minimum atomic E-state index is -0.431. The SMILES string of the molecule is OC1(CN2CCc3[nH]ncc3C2)CCCCC1. The molecule has 17 heavy (non-hydrogen) atoms. The molecule has 1 saturated carbocycles. The normalized spacial score (nSPS) is 24.5. The number of hydrogen-bond acceptors (Lipinski definition) is 3. The van der Waals surface area contributed by atoms with E-state index >= 15 is 0 Å². The fraction of sp³-hybridized carbons (Fsp3) is 0.769. The lowest BCUT2D eigenvalue weighted by atomic mass is 9.84. The third-order valence-corrected chi connectivity index (χ3v) is 4.18. The van der Waals surface area contributed by atoms with Crippen LogP contribution in [0.15, 0.2) is 6.20 Å². The van der Waals surface area contributed by atoms with Gasteiger partial charge < -0.3 is 5.11 Å². The molecule has 1 aliphatic heterocycles. The molecule has 0 amide bonds. The molecule has 0 atom stereocenters. The molecule has 1 aromatic heterocycles. The van der Waals surface area contributed by atoms with Crippen LogP contribution in [0.5, 0.6) is 0 Å². The third-order valence-electron chi connectivity index (χ3n) is 4.18. The summed E-state index contributed by atoms with van der Waals surface area (Å²) in [7, 11) is 0. The number of aromatic amines is 1. The van der Waals surface area contributed by atoms with Crippen molar-refractivity contribution in [2.45, 2.75) is 50.7 Å². The lowest BCUT2D eigenvalue weighted by Crippen LogP contribution is -2.45. The minimum Gasteiger partial charge on any atom is -0.389 e. The van der Waals surface area contributed by atoms with E-state index in [-0.39, 0.29) is 0 Å². The molecule has 2 heterocycles. The van der Waals surface area contributed by atoms with Crippen LogP contribution in [0.2, 0.25) is 0 Å². The summed E-state index contributed by atoms with van der Waals surface area (Å²) in [5.74, 6) is 0. The van der Waals surface area contributed by atoms with Crippen molar-refractivity contribution < 1.29 is 5.11 Å². The van der Waals surface area contributed by atoms with E-state index < -0.39 is 5.60 Å². The van der Waals surface area contributed by atoms with E-state index in [0.29, 0.717) is 0 Å². The van der Waals surface area contributed by atoms with Gasteiger partial charge in [-0.25, -0.2) is 0 Å². The third kappa shape index (κ3) is 2.38. The maximum atomic E-state index is 10.6. The largest absolute Gasteiger partial charge is 0.389 e. The van der Waals surface area contributed by atoms with Gasteiger partial charge in [0.15, 0.2) is 0 Å². The number of fused-ring (bicyclic) bond motifs is 1. The van der Waals surface area contributed by atoms with Crippen LogP contribution in [0.1, 0.15) is 43.4 Å². The molecule has 0 bridgehead atoms. The fourth-order valence-corrected chi connectivity index (χ4v) is 3.20. The number of nitrogens with one attached hydrogen (secondary N) is 1. The molecule has 1 aliphatic carbocycles. The Hall–Kier alpha value is -0.870. The minimum absolute atomic E-state index is 0.431. The molecule has 0 aromatic carbocycles. The Balaban J connectivity index is 1.63. The molecule has 0 radical (unpaired) electrons. The average molecular weight is 235 g/mol. The molecular weight excluding hydrogens is 214 g/mol. The summed E-state index contributed by atoms with van der Waals surface area (Å²) >= 11 is 0. The lowest BCUT2D eigenvalue weighted by molar-refractivity contribution is -0.0292. The van der Waals surface area contributed by atoms with Gasteiger partial charge in [0, 0.05) is 37.3 Å². The Morgan fingerprint density at radius 2 is 2.18 bits per heavy atom. The van der Waals surface area contributed by atoms with Gasteiger partial charge in [-0.1, -0.05) is 19.3 Å². The van der Waals surface area contributed by atoms with E-state index in [0.717, 1.165) is 38.9 Å². The van der Waals surface area contributed by atoms with Gasteiger partial charge in [-0.2, -0.15) is 5.10 Å². The van der Waals surface area contributed by atoms with Crippen LogP contribution in [-0.4, -0.2) is 38.9 Å². The first-order chi connectivity index (χ1) is 8.25. The Morgan fingerprint density at radius 3 is 3.00 bits per heavy atom. The van der Waals surface area contributed by atoms with Gasteiger partial charge in [0.05, 0.1) is 11.8 Å². The molecule has 1 aromatic rings. The van der Waals surface area contributed by atoms with E-state index in [4.69, 9.17) is 0 Å². The Kier molecular flexibility index (Phi) is 2.92. The van der Waals surface area contributed by atoms with E-state index in [1.165, 1.54) is 30.5 Å². The molecule has 2 aliphatic rings. The number of β-amino-alcohol motifs (C(OH)–C–C–N with tert-alkyl or cyclic N) is 1. The van der Waals surface area contributed by atoms with Crippen LogP contribution in [0.25, 0.3) is 0 Å². The molecule has 94 valence electrons. The van der Waals surface area contributed by atoms with Crippen molar-refractivity contribution in [2.75, 3.05) is 13.1 Å². The maximum Gasteiger partial charge on any atom is 0.0774 e. The molecule has 0 saturated heterocycles. The molecule has 0 spiro atoms. The first kappa shape index (κ1) is 11.2. The van der Waals surface area contributed by atoms with Gasteiger partial charge in [-0.3, -0.25) is 10.00 Å². The highest BCUT2D eigenvalue weighted by Gasteiger charge is 2.32. The van der Waals surface area contributed by atoms with Crippen LogP contribution in [0.4, 0.5) is 0 Å². The molecule has 0 unspecified atom stereocenters. The van der Waals surface area contributed by atoms with E-state index in [2.05, 4.69) is 15.1 Å². The molecule has 1 fully saturated rings. The summed E-state index contributed by atoms with van der Waals surface area (Å²) in [5.41, 5.74) is 2.15. The second-order valence-electron chi connectivity index (χ2n) is 5.62. The van der Waals surface area contributed by atoms with Crippen LogP contribution in [-0.2, 0) is 13.0 Å². The summed E-state index contributed by atoms with van der Waals surface area (Å²) in [6.07, 6.45) is 8.55. The van der Waals surface area contributed by atoms with Crippen molar-refractivity contribution in [1.29, 1.82) is 0 Å². The number of hydrogen-bond donors (Lipinski definition) is 2. The van der Waals surface area contributed by atoms with Crippen molar-refractivity contribution in [3.63, 3.8) is 0 Å². The van der Waals surface area contributed by atoms with Gasteiger partial charge in [0.25, 0.3) is 0 Å². The smallest absolute Gasteiger partial charge is 0.0774 e. The predicted octanol–water partition coefficient (Wildman–Crippen LogP) is 1.46. The maximum absolute atomic E-state index is 10.6. The first-order valence-electron chi connectivity index (χ1n) is 6.71. The van der Waals surface area contributed by atoms with Gasteiger partial charge in [0.2, 0.25) is 0 Å². The zero-order valence-corrected chi connectivity index (χ0v) is 10.3. The highest BCUT2D eigenvalue weighted by Crippen LogP contribution is 2.30. The first-order valence-corrected chi connectivity index (χ1v) is 6.71. The molecule has 2 N–H and O–H groups in total. The summed E-state index contributed by atoms with van der Waals surface area (Å²) < 4.78 is 0. The van der Waals surface area contributed by atoms with Crippen molar-refractivity contribution in [3.8, 4) is 0 Å². The van der Waals surface area contributed by atoms with E-state index in [9.17, 15) is 5.11 Å². The van der Waals surface area contributed by atoms with Gasteiger partial charge in [-0.15, -0.1) is 0 Å². The second-order valence-corrected chi connectivity index (χ2v) is 5.62. The number of nitrogens with zero attached hydrogens (tertiary/aromatic N) is 2. The fourth-order valence-electron chi connectivity index (χ4n) is 3.20. The molecular formula is C13H21N3O. The number of H-pyrrole nitrogens is 1. The summed E-state index contributed by atoms with van der Waals surface area (Å²) in [6.45, 7) is 2.81. The number of aromatic nitrogens is 2. The Labute approximate surface area is 102 Å². The van der Waals surface area contributed by atoms with Crippen molar-refractivity contribution in [3.05, 3.63) is 17.5 Å². The van der Waals surface area contributed by atoms with Crippen molar-refractivity contribution in [2.24, 2.45) is 0 Å². The zero-order chi connectivity index (χ0) is 11.7. The quantitative estimate of drug-likeness (QED) is 0.816. The summed E-state index contributed by atoms with van der Waals surface area (Å²) in [4.78, 5) is 2.38. The Bertz CT molecular complexity index is 382. The highest BCUT2D eigenvalue weighted by molar-refractivity contribution is 5.19. The molecule has 4 heteroatoms. The summed E-state index contributed by atoms with van der Waals surface area (Å²) in [5, 5.41) is 17.7.